The number of aryl methyl sites for hydroxylation is 1. The van der Waals surface area contributed by atoms with Crippen LogP contribution in [-0.4, -0.2) is 0 Å². The number of benzene rings is 1. The SMILES string of the molecule is CCCCc1ccc(C(C)C)cc1C(C)C. The van der Waals surface area contributed by atoms with Crippen LogP contribution in [0.1, 0.15) is 76.0 Å². The summed E-state index contributed by atoms with van der Waals surface area (Å²) in [6.07, 6.45) is 3.83. The lowest BCUT2D eigenvalue weighted by molar-refractivity contribution is 0.761. The summed E-state index contributed by atoms with van der Waals surface area (Å²) in [6.45, 7) is 11.4. The lowest BCUT2D eigenvalue weighted by Gasteiger charge is -2.16. The lowest BCUT2D eigenvalue weighted by Crippen LogP contribution is -1.99. The highest BCUT2D eigenvalue weighted by Crippen LogP contribution is 2.25. The Morgan fingerprint density at radius 3 is 2.19 bits per heavy atom. The highest BCUT2D eigenvalue weighted by Gasteiger charge is 2.09. The fourth-order valence-electron chi connectivity index (χ4n) is 2.10. The Kier molecular flexibility index (Phi) is 5.05. The van der Waals surface area contributed by atoms with Crippen LogP contribution in [-0.2, 0) is 6.42 Å². The van der Waals surface area contributed by atoms with Gasteiger partial charge in [-0.05, 0) is 41.4 Å². The van der Waals surface area contributed by atoms with Crippen molar-refractivity contribution in [3.63, 3.8) is 0 Å². The first-order valence-electron chi connectivity index (χ1n) is 6.69. The summed E-state index contributed by atoms with van der Waals surface area (Å²) in [5, 5.41) is 0. The standard InChI is InChI=1S/C16H26/c1-6-7-8-14-9-10-15(12(2)3)11-16(14)13(4)5/h9-13H,6-8H2,1-5H3. The van der Waals surface area contributed by atoms with Crippen LogP contribution in [0.25, 0.3) is 0 Å². The Balaban J connectivity index is 2.99. The molecule has 0 aliphatic rings. The van der Waals surface area contributed by atoms with Gasteiger partial charge in [0.2, 0.25) is 0 Å². The second-order valence-corrected chi connectivity index (χ2v) is 5.37. The second-order valence-electron chi connectivity index (χ2n) is 5.37. The summed E-state index contributed by atoms with van der Waals surface area (Å²) < 4.78 is 0. The summed E-state index contributed by atoms with van der Waals surface area (Å²) in [7, 11) is 0. The van der Waals surface area contributed by atoms with Gasteiger partial charge in [-0.15, -0.1) is 0 Å². The molecule has 1 aromatic carbocycles. The average Bonchev–Trinajstić information content (AvgIpc) is 2.25. The summed E-state index contributed by atoms with van der Waals surface area (Å²) in [5.74, 6) is 1.28. The van der Waals surface area contributed by atoms with Crippen LogP contribution in [0.5, 0.6) is 0 Å². The summed E-state index contributed by atoms with van der Waals surface area (Å²) in [6, 6.07) is 7.07. The predicted molar refractivity (Wildman–Crippen MR) is 73.2 cm³/mol. The molecule has 0 aromatic heterocycles. The smallest absolute Gasteiger partial charge is 0.0216 e. The summed E-state index contributed by atoms with van der Waals surface area (Å²) in [4.78, 5) is 0. The normalized spacial score (nSPS) is 11.4. The molecular weight excluding hydrogens is 192 g/mol. The molecule has 16 heavy (non-hydrogen) atoms. The molecular formula is C16H26. The van der Waals surface area contributed by atoms with E-state index >= 15 is 0 Å². The van der Waals surface area contributed by atoms with E-state index in [1.807, 2.05) is 0 Å². The molecule has 0 unspecified atom stereocenters. The van der Waals surface area contributed by atoms with Crippen molar-refractivity contribution in [1.82, 2.24) is 0 Å². The number of hydrogen-bond acceptors (Lipinski definition) is 0. The van der Waals surface area contributed by atoms with E-state index in [4.69, 9.17) is 0 Å². The van der Waals surface area contributed by atoms with Crippen molar-refractivity contribution in [2.45, 2.75) is 65.7 Å². The molecule has 0 amide bonds. The molecule has 0 fully saturated rings. The second kappa shape index (κ2) is 6.08. The Hall–Kier alpha value is -0.780. The molecule has 0 spiro atoms. The highest BCUT2D eigenvalue weighted by molar-refractivity contribution is 5.35. The van der Waals surface area contributed by atoms with Gasteiger partial charge in [-0.1, -0.05) is 59.2 Å². The molecule has 0 heterocycles. The fraction of sp³-hybridized carbons (Fsp3) is 0.625. The maximum absolute atomic E-state index is 2.42. The molecule has 1 aromatic rings. The molecule has 0 aliphatic heterocycles. The van der Waals surface area contributed by atoms with Crippen molar-refractivity contribution in [3.8, 4) is 0 Å². The van der Waals surface area contributed by atoms with Gasteiger partial charge in [-0.3, -0.25) is 0 Å². The van der Waals surface area contributed by atoms with Crippen molar-refractivity contribution in [2.75, 3.05) is 0 Å². The summed E-state index contributed by atoms with van der Waals surface area (Å²) >= 11 is 0. The van der Waals surface area contributed by atoms with Crippen LogP contribution in [0.4, 0.5) is 0 Å². The molecule has 0 saturated heterocycles. The van der Waals surface area contributed by atoms with Gasteiger partial charge in [0, 0.05) is 0 Å². The van der Waals surface area contributed by atoms with E-state index in [-0.39, 0.29) is 0 Å². The molecule has 1 rings (SSSR count). The van der Waals surface area contributed by atoms with Gasteiger partial charge in [0.25, 0.3) is 0 Å². The monoisotopic (exact) mass is 218 g/mol. The summed E-state index contributed by atoms with van der Waals surface area (Å²) in [5.41, 5.74) is 4.59. The Morgan fingerprint density at radius 1 is 1.00 bits per heavy atom. The first kappa shape index (κ1) is 13.3. The zero-order valence-corrected chi connectivity index (χ0v) is 11.5. The maximum Gasteiger partial charge on any atom is -0.0216 e. The third kappa shape index (κ3) is 3.37. The van der Waals surface area contributed by atoms with E-state index < -0.39 is 0 Å². The molecule has 0 N–H and O–H groups in total. The van der Waals surface area contributed by atoms with Gasteiger partial charge in [0.05, 0.1) is 0 Å². The third-order valence-electron chi connectivity index (χ3n) is 3.26. The van der Waals surface area contributed by atoms with Gasteiger partial charge >= 0.3 is 0 Å². The van der Waals surface area contributed by atoms with E-state index in [0.29, 0.717) is 11.8 Å². The van der Waals surface area contributed by atoms with Gasteiger partial charge in [-0.2, -0.15) is 0 Å². The van der Waals surface area contributed by atoms with Gasteiger partial charge in [0.15, 0.2) is 0 Å². The average molecular weight is 218 g/mol. The molecule has 0 saturated carbocycles. The van der Waals surface area contributed by atoms with Gasteiger partial charge in [0.1, 0.15) is 0 Å². The molecule has 0 atom stereocenters. The van der Waals surface area contributed by atoms with Crippen molar-refractivity contribution < 1.29 is 0 Å². The molecule has 90 valence electrons. The third-order valence-corrected chi connectivity index (χ3v) is 3.26. The Morgan fingerprint density at radius 2 is 1.69 bits per heavy atom. The number of rotatable bonds is 5. The first-order valence-corrected chi connectivity index (χ1v) is 6.69. The zero-order valence-electron chi connectivity index (χ0n) is 11.5. The van der Waals surface area contributed by atoms with Crippen molar-refractivity contribution in [3.05, 3.63) is 34.9 Å². The van der Waals surface area contributed by atoms with Crippen LogP contribution in [0.15, 0.2) is 18.2 Å². The van der Waals surface area contributed by atoms with E-state index in [9.17, 15) is 0 Å². The van der Waals surface area contributed by atoms with Gasteiger partial charge in [-0.25, -0.2) is 0 Å². The number of unbranched alkanes of at least 4 members (excludes halogenated alkanes) is 1. The van der Waals surface area contributed by atoms with Crippen molar-refractivity contribution >= 4 is 0 Å². The van der Waals surface area contributed by atoms with Gasteiger partial charge < -0.3 is 0 Å². The van der Waals surface area contributed by atoms with Crippen LogP contribution < -0.4 is 0 Å². The van der Waals surface area contributed by atoms with Crippen LogP contribution in [0.3, 0.4) is 0 Å². The first-order chi connectivity index (χ1) is 7.56. The Labute approximate surface area is 101 Å². The minimum Gasteiger partial charge on any atom is -0.0654 e. The zero-order chi connectivity index (χ0) is 12.1. The lowest BCUT2D eigenvalue weighted by atomic mass is 9.89. The maximum atomic E-state index is 2.42. The molecule has 0 nitrogen and oxygen atoms in total. The van der Waals surface area contributed by atoms with Crippen LogP contribution in [0, 0.1) is 0 Å². The van der Waals surface area contributed by atoms with E-state index in [2.05, 4.69) is 52.8 Å². The molecule has 0 radical (unpaired) electrons. The van der Waals surface area contributed by atoms with Crippen molar-refractivity contribution in [2.24, 2.45) is 0 Å². The van der Waals surface area contributed by atoms with E-state index in [1.165, 1.54) is 24.8 Å². The number of hydrogen-bond donors (Lipinski definition) is 0. The predicted octanol–water partition coefficient (Wildman–Crippen LogP) is 5.28. The molecule has 0 aliphatic carbocycles. The molecule has 0 heteroatoms. The van der Waals surface area contributed by atoms with Crippen molar-refractivity contribution in [1.29, 1.82) is 0 Å². The minimum absolute atomic E-state index is 0.637. The molecule has 0 bridgehead atoms. The minimum atomic E-state index is 0.637. The van der Waals surface area contributed by atoms with Crippen LogP contribution in [0.2, 0.25) is 0 Å². The highest BCUT2D eigenvalue weighted by atomic mass is 14.1. The largest absolute Gasteiger partial charge is 0.0654 e. The quantitative estimate of drug-likeness (QED) is 0.631. The Bertz CT molecular complexity index is 321. The topological polar surface area (TPSA) is 0 Å². The van der Waals surface area contributed by atoms with Crippen LogP contribution >= 0.6 is 0 Å². The fourth-order valence-corrected chi connectivity index (χ4v) is 2.10. The van der Waals surface area contributed by atoms with E-state index in [0.717, 1.165) is 0 Å². The van der Waals surface area contributed by atoms with E-state index in [1.54, 1.807) is 11.1 Å².